The van der Waals surface area contributed by atoms with Crippen LogP contribution >= 0.6 is 54.8 Å². The normalized spacial score (nSPS) is 10.3. The highest BCUT2D eigenvalue weighted by Crippen LogP contribution is 2.33. The molecule has 20 heavy (non-hydrogen) atoms. The highest BCUT2D eigenvalue weighted by molar-refractivity contribution is 9.13. The van der Waals surface area contributed by atoms with Gasteiger partial charge in [0.05, 0.1) is 24.9 Å². The molecular formula is C12H6Br2ClNO3S. The lowest BCUT2D eigenvalue weighted by atomic mass is 10.2. The Morgan fingerprint density at radius 1 is 1.25 bits per heavy atom. The fourth-order valence-electron chi connectivity index (χ4n) is 1.39. The summed E-state index contributed by atoms with van der Waals surface area (Å²) in [5, 5.41) is 11.7. The number of rotatable bonds is 3. The van der Waals surface area contributed by atoms with Crippen molar-refractivity contribution in [2.75, 3.05) is 5.32 Å². The minimum absolute atomic E-state index is 0.0645. The van der Waals surface area contributed by atoms with E-state index in [2.05, 4.69) is 37.2 Å². The lowest BCUT2D eigenvalue weighted by Gasteiger charge is -2.06. The van der Waals surface area contributed by atoms with Crippen LogP contribution in [0.2, 0.25) is 5.02 Å². The van der Waals surface area contributed by atoms with Crippen molar-refractivity contribution in [1.29, 1.82) is 0 Å². The van der Waals surface area contributed by atoms with Crippen molar-refractivity contribution in [1.82, 2.24) is 0 Å². The number of benzene rings is 1. The summed E-state index contributed by atoms with van der Waals surface area (Å²) in [7, 11) is 0. The van der Waals surface area contributed by atoms with Gasteiger partial charge in [-0.2, -0.15) is 0 Å². The number of hydrogen-bond acceptors (Lipinski definition) is 3. The number of carboxylic acids is 1. The van der Waals surface area contributed by atoms with E-state index in [0.717, 1.165) is 8.26 Å². The number of carbonyl (C=O) groups is 2. The van der Waals surface area contributed by atoms with Crippen LogP contribution in [-0.4, -0.2) is 17.0 Å². The second kappa shape index (κ2) is 6.26. The van der Waals surface area contributed by atoms with Crippen LogP contribution in [0.1, 0.15) is 20.0 Å². The molecule has 104 valence electrons. The van der Waals surface area contributed by atoms with E-state index in [1.54, 1.807) is 6.07 Å². The number of hydrogen-bond donors (Lipinski definition) is 2. The van der Waals surface area contributed by atoms with Gasteiger partial charge >= 0.3 is 5.97 Å². The highest BCUT2D eigenvalue weighted by atomic mass is 79.9. The number of nitrogens with one attached hydrogen (secondary N) is 1. The van der Waals surface area contributed by atoms with E-state index in [9.17, 15) is 9.59 Å². The average molecular weight is 440 g/mol. The quantitative estimate of drug-likeness (QED) is 0.717. The molecule has 0 atom stereocenters. The number of amides is 1. The Hall–Kier alpha value is -0.890. The molecule has 2 aromatic rings. The smallest absolute Gasteiger partial charge is 0.335 e. The first-order valence-electron chi connectivity index (χ1n) is 5.17. The maximum Gasteiger partial charge on any atom is 0.335 e. The molecule has 4 nitrogen and oxygen atoms in total. The average Bonchev–Trinajstić information content (AvgIpc) is 2.72. The second-order valence-electron chi connectivity index (χ2n) is 3.69. The predicted octanol–water partition coefficient (Wildman–Crippen LogP) is 4.88. The standard InChI is InChI=1S/C12H6Br2ClNO3S/c13-6-4-9(20-10(6)14)11(17)16-8-2-1-5(12(18)19)3-7(8)15/h1-4H,(H,16,17)(H,18,19). The van der Waals surface area contributed by atoms with Crippen LogP contribution in [0, 0.1) is 0 Å². The summed E-state index contributed by atoms with van der Waals surface area (Å²) < 4.78 is 1.61. The summed E-state index contributed by atoms with van der Waals surface area (Å²) in [5.41, 5.74) is 0.428. The molecule has 0 unspecified atom stereocenters. The number of anilines is 1. The summed E-state index contributed by atoms with van der Waals surface area (Å²) in [6, 6.07) is 5.81. The molecule has 0 saturated carbocycles. The third-order valence-electron chi connectivity index (χ3n) is 2.33. The fourth-order valence-corrected chi connectivity index (χ4v) is 3.55. The molecule has 0 radical (unpaired) electrons. The molecule has 0 aliphatic heterocycles. The number of halogens is 3. The van der Waals surface area contributed by atoms with Crippen molar-refractivity contribution in [2.45, 2.75) is 0 Å². The van der Waals surface area contributed by atoms with Crippen LogP contribution in [-0.2, 0) is 0 Å². The van der Waals surface area contributed by atoms with Crippen LogP contribution in [0.4, 0.5) is 5.69 Å². The van der Waals surface area contributed by atoms with E-state index >= 15 is 0 Å². The molecule has 2 rings (SSSR count). The van der Waals surface area contributed by atoms with E-state index < -0.39 is 5.97 Å². The summed E-state index contributed by atoms with van der Waals surface area (Å²) >= 11 is 13.8. The number of carbonyl (C=O) groups excluding carboxylic acids is 1. The maximum absolute atomic E-state index is 12.0. The van der Waals surface area contributed by atoms with Crippen molar-refractivity contribution >= 4 is 72.4 Å². The summed E-state index contributed by atoms with van der Waals surface area (Å²) in [5.74, 6) is -1.39. The first-order chi connectivity index (χ1) is 9.38. The zero-order valence-electron chi connectivity index (χ0n) is 9.62. The van der Waals surface area contributed by atoms with Gasteiger partial charge in [-0.05, 0) is 56.1 Å². The molecule has 0 saturated heterocycles. The molecule has 0 aliphatic rings. The zero-order chi connectivity index (χ0) is 14.9. The van der Waals surface area contributed by atoms with Crippen molar-refractivity contribution in [3.8, 4) is 0 Å². The monoisotopic (exact) mass is 437 g/mol. The molecule has 1 amide bonds. The summed E-state index contributed by atoms with van der Waals surface area (Å²) in [4.78, 5) is 23.3. The number of carboxylic acid groups (broad SMARTS) is 1. The number of thiophene rings is 1. The van der Waals surface area contributed by atoms with E-state index in [1.807, 2.05) is 0 Å². The first-order valence-corrected chi connectivity index (χ1v) is 7.95. The van der Waals surface area contributed by atoms with Crippen molar-refractivity contribution in [2.24, 2.45) is 0 Å². The lowest BCUT2D eigenvalue weighted by Crippen LogP contribution is -2.10. The molecule has 8 heteroatoms. The molecule has 0 fully saturated rings. The Morgan fingerprint density at radius 2 is 1.95 bits per heavy atom. The Labute approximate surface area is 140 Å². The molecule has 0 spiro atoms. The minimum atomic E-state index is -1.07. The first kappa shape index (κ1) is 15.5. The van der Waals surface area contributed by atoms with Crippen LogP contribution in [0.3, 0.4) is 0 Å². The van der Waals surface area contributed by atoms with Gasteiger partial charge in [0.15, 0.2) is 0 Å². The van der Waals surface area contributed by atoms with Crippen LogP contribution in [0.25, 0.3) is 0 Å². The highest BCUT2D eigenvalue weighted by Gasteiger charge is 2.14. The lowest BCUT2D eigenvalue weighted by molar-refractivity contribution is 0.0696. The summed E-state index contributed by atoms with van der Waals surface area (Å²) in [6.07, 6.45) is 0. The summed E-state index contributed by atoms with van der Waals surface area (Å²) in [6.45, 7) is 0. The van der Waals surface area contributed by atoms with E-state index in [4.69, 9.17) is 16.7 Å². The van der Waals surface area contributed by atoms with Crippen molar-refractivity contribution in [3.05, 3.63) is 48.0 Å². The number of aromatic carboxylic acids is 1. The van der Waals surface area contributed by atoms with Gasteiger partial charge in [0.1, 0.15) is 0 Å². The van der Waals surface area contributed by atoms with E-state index in [0.29, 0.717) is 10.6 Å². The van der Waals surface area contributed by atoms with Gasteiger partial charge in [0.2, 0.25) is 0 Å². The molecule has 1 heterocycles. The third kappa shape index (κ3) is 3.41. The second-order valence-corrected chi connectivity index (χ2v) is 7.32. The van der Waals surface area contributed by atoms with Crippen molar-refractivity contribution < 1.29 is 14.7 Å². The largest absolute Gasteiger partial charge is 0.478 e. The van der Waals surface area contributed by atoms with Crippen molar-refractivity contribution in [3.63, 3.8) is 0 Å². The Bertz CT molecular complexity index is 683. The van der Waals surface area contributed by atoms with Gasteiger partial charge in [-0.25, -0.2) is 4.79 Å². The topological polar surface area (TPSA) is 66.4 Å². The molecule has 1 aromatic heterocycles. The molecule has 0 bridgehead atoms. The SMILES string of the molecule is O=C(O)c1ccc(NC(=O)c2cc(Br)c(Br)s2)c(Cl)c1. The van der Waals surface area contributed by atoms with Gasteiger partial charge in [0.25, 0.3) is 5.91 Å². The van der Waals surface area contributed by atoms with Gasteiger partial charge in [0, 0.05) is 4.47 Å². The van der Waals surface area contributed by atoms with Gasteiger partial charge in [-0.15, -0.1) is 11.3 Å². The van der Waals surface area contributed by atoms with E-state index in [-0.39, 0.29) is 16.5 Å². The molecule has 2 N–H and O–H groups in total. The van der Waals surface area contributed by atoms with Gasteiger partial charge in [-0.1, -0.05) is 11.6 Å². The van der Waals surface area contributed by atoms with E-state index in [1.165, 1.54) is 29.5 Å². The molecular weight excluding hydrogens is 433 g/mol. The molecule has 1 aromatic carbocycles. The predicted molar refractivity (Wildman–Crippen MR) is 86.1 cm³/mol. The van der Waals surface area contributed by atoms with Crippen LogP contribution < -0.4 is 5.32 Å². The maximum atomic E-state index is 12.0. The fraction of sp³-hybridized carbons (Fsp3) is 0. The zero-order valence-corrected chi connectivity index (χ0v) is 14.4. The van der Waals surface area contributed by atoms with Gasteiger partial charge < -0.3 is 10.4 Å². The van der Waals surface area contributed by atoms with Crippen LogP contribution in [0.5, 0.6) is 0 Å². The Kier molecular flexibility index (Phi) is 4.85. The molecule has 0 aliphatic carbocycles. The minimum Gasteiger partial charge on any atom is -0.478 e. The Balaban J connectivity index is 2.21. The van der Waals surface area contributed by atoms with Gasteiger partial charge in [-0.3, -0.25) is 4.79 Å². The van der Waals surface area contributed by atoms with Crippen LogP contribution in [0.15, 0.2) is 32.5 Å². The third-order valence-corrected chi connectivity index (χ3v) is 5.90. The Morgan fingerprint density at radius 3 is 2.45 bits per heavy atom.